The average Bonchev–Trinajstić information content (AvgIpc) is 3.21. The molecule has 3 atom stereocenters. The van der Waals surface area contributed by atoms with Gasteiger partial charge in [-0.1, -0.05) is 0 Å². The summed E-state index contributed by atoms with van der Waals surface area (Å²) in [6.45, 7) is 0.601. The molecule has 26 heavy (non-hydrogen) atoms. The number of aromatic nitrogens is 2. The molecule has 1 N–H and O–H groups in total. The summed E-state index contributed by atoms with van der Waals surface area (Å²) in [7, 11) is 5.38. The van der Waals surface area contributed by atoms with E-state index in [9.17, 15) is 14.3 Å². The van der Waals surface area contributed by atoms with Gasteiger partial charge < -0.3 is 19.8 Å². The monoisotopic (exact) mass is 383 g/mol. The van der Waals surface area contributed by atoms with Crippen LogP contribution >= 0.6 is 11.8 Å². The van der Waals surface area contributed by atoms with Gasteiger partial charge in [-0.05, 0) is 18.2 Å². The Morgan fingerprint density at radius 2 is 2.27 bits per heavy atom. The summed E-state index contributed by atoms with van der Waals surface area (Å²) >= 11 is 1.58. The van der Waals surface area contributed by atoms with Crippen LogP contribution < -0.4 is 9.80 Å². The smallest absolute Gasteiger partial charge is 0.255 e. The van der Waals surface area contributed by atoms with E-state index in [2.05, 4.69) is 9.97 Å². The highest BCUT2D eigenvalue weighted by molar-refractivity contribution is 7.99. The molecule has 1 unspecified atom stereocenters. The maximum atomic E-state index is 14.1. The summed E-state index contributed by atoms with van der Waals surface area (Å²) in [4.78, 5) is 26.6. The molecule has 0 bridgehead atoms. The summed E-state index contributed by atoms with van der Waals surface area (Å²) in [5.41, 5.74) is -1.29. The molecule has 3 heterocycles. The van der Waals surface area contributed by atoms with Gasteiger partial charge in [-0.25, -0.2) is 9.37 Å². The third kappa shape index (κ3) is 3.88. The van der Waals surface area contributed by atoms with Gasteiger partial charge in [0.25, 0.3) is 5.91 Å². The van der Waals surface area contributed by atoms with Crippen LogP contribution in [0.2, 0.25) is 0 Å². The molecule has 2 fully saturated rings. The van der Waals surface area contributed by atoms with Crippen molar-refractivity contribution in [1.29, 1.82) is 0 Å². The fourth-order valence-electron chi connectivity index (χ4n) is 3.50. The van der Waals surface area contributed by atoms with Gasteiger partial charge in [-0.3, -0.25) is 4.79 Å². The first-order valence-electron chi connectivity index (χ1n) is 8.77. The Hall–Kier alpha value is -1.61. The van der Waals surface area contributed by atoms with Crippen LogP contribution in [0.4, 0.5) is 16.2 Å². The Labute approximate surface area is 157 Å². The van der Waals surface area contributed by atoms with E-state index < -0.39 is 11.8 Å². The number of aliphatic hydroxyl groups is 1. The second-order valence-electron chi connectivity index (χ2n) is 7.27. The van der Waals surface area contributed by atoms with Crippen LogP contribution in [-0.4, -0.2) is 89.4 Å². The molecule has 1 amide bonds. The molecule has 0 saturated carbocycles. The number of amides is 1. The number of hydrogen-bond acceptors (Lipinski definition) is 7. The molecular formula is C17H26FN5O2S. The standard InChI is InChI=1S/C17H26FN5O2S/c1-21(2)16-19-6-4-14(20-16)23-9-12(18)8-13(23)10-22(3)15(24)17(25)5-7-26-11-17/h4,6,12-13,25H,5,7-11H2,1-3H3/t12-,13-,17?/m0/s1. The highest BCUT2D eigenvalue weighted by Gasteiger charge is 2.43. The summed E-state index contributed by atoms with van der Waals surface area (Å²) in [5, 5.41) is 10.5. The molecule has 7 nitrogen and oxygen atoms in total. The fraction of sp³-hybridized carbons (Fsp3) is 0.706. The second-order valence-corrected chi connectivity index (χ2v) is 8.37. The van der Waals surface area contributed by atoms with E-state index >= 15 is 0 Å². The molecule has 0 radical (unpaired) electrons. The van der Waals surface area contributed by atoms with Crippen molar-refractivity contribution in [2.75, 3.05) is 55.5 Å². The lowest BCUT2D eigenvalue weighted by Crippen LogP contribution is -2.51. The summed E-state index contributed by atoms with van der Waals surface area (Å²) in [5.74, 6) is 2.15. The van der Waals surface area contributed by atoms with E-state index in [1.165, 1.54) is 4.90 Å². The van der Waals surface area contributed by atoms with E-state index in [0.29, 0.717) is 36.9 Å². The van der Waals surface area contributed by atoms with Crippen LogP contribution in [0.25, 0.3) is 0 Å². The van der Waals surface area contributed by atoms with Crippen LogP contribution in [-0.2, 0) is 4.79 Å². The molecule has 1 aromatic rings. The van der Waals surface area contributed by atoms with Crippen LogP contribution in [0, 0.1) is 0 Å². The zero-order chi connectivity index (χ0) is 18.9. The SMILES string of the molecule is CN(C[C@@H]1C[C@H](F)CN1c1ccnc(N(C)C)n1)C(=O)C1(O)CCSC1. The molecular weight excluding hydrogens is 357 g/mol. The Balaban J connectivity index is 1.73. The zero-order valence-corrected chi connectivity index (χ0v) is 16.2. The lowest BCUT2D eigenvalue weighted by molar-refractivity contribution is -0.147. The number of nitrogens with zero attached hydrogens (tertiary/aromatic N) is 5. The topological polar surface area (TPSA) is 72.8 Å². The summed E-state index contributed by atoms with van der Waals surface area (Å²) in [6, 6.07) is 1.59. The number of hydrogen-bond donors (Lipinski definition) is 1. The Morgan fingerprint density at radius 1 is 1.50 bits per heavy atom. The number of carbonyl (C=O) groups is 1. The lowest BCUT2D eigenvalue weighted by Gasteiger charge is -2.32. The first-order valence-corrected chi connectivity index (χ1v) is 9.92. The number of halogens is 1. The van der Waals surface area contributed by atoms with Gasteiger partial charge in [0, 0.05) is 46.1 Å². The van der Waals surface area contributed by atoms with Gasteiger partial charge in [0.05, 0.1) is 12.6 Å². The van der Waals surface area contributed by atoms with Gasteiger partial charge >= 0.3 is 0 Å². The van der Waals surface area contributed by atoms with E-state index in [0.717, 1.165) is 5.75 Å². The molecule has 2 aliphatic rings. The Morgan fingerprint density at radius 3 is 2.92 bits per heavy atom. The van der Waals surface area contributed by atoms with Gasteiger partial charge in [-0.15, -0.1) is 0 Å². The van der Waals surface area contributed by atoms with E-state index in [1.54, 1.807) is 36.0 Å². The van der Waals surface area contributed by atoms with E-state index in [4.69, 9.17) is 0 Å². The molecule has 2 aliphatic heterocycles. The number of carbonyl (C=O) groups excluding carboxylic acids is 1. The molecule has 1 aromatic heterocycles. The lowest BCUT2D eigenvalue weighted by atomic mass is 10.0. The molecule has 144 valence electrons. The minimum Gasteiger partial charge on any atom is -0.379 e. The van der Waals surface area contributed by atoms with Crippen molar-refractivity contribution < 1.29 is 14.3 Å². The maximum absolute atomic E-state index is 14.1. The first kappa shape index (κ1) is 19.2. The molecule has 2 saturated heterocycles. The van der Waals surface area contributed by atoms with Crippen molar-refractivity contribution in [2.45, 2.75) is 30.7 Å². The van der Waals surface area contributed by atoms with Gasteiger partial charge in [0.1, 0.15) is 12.0 Å². The molecule has 0 aliphatic carbocycles. The van der Waals surface area contributed by atoms with E-state index in [-0.39, 0.29) is 18.5 Å². The highest BCUT2D eigenvalue weighted by Crippen LogP contribution is 2.31. The van der Waals surface area contributed by atoms with Crippen LogP contribution in [0.15, 0.2) is 12.3 Å². The normalized spacial score (nSPS) is 28.4. The maximum Gasteiger partial charge on any atom is 0.255 e. The number of anilines is 2. The van der Waals surface area contributed by atoms with Crippen molar-refractivity contribution in [2.24, 2.45) is 0 Å². The van der Waals surface area contributed by atoms with Crippen molar-refractivity contribution >= 4 is 29.4 Å². The predicted octanol–water partition coefficient (Wildman–Crippen LogP) is 0.786. The quantitative estimate of drug-likeness (QED) is 0.806. The highest BCUT2D eigenvalue weighted by atomic mass is 32.2. The van der Waals surface area contributed by atoms with Gasteiger partial charge in [0.2, 0.25) is 5.95 Å². The van der Waals surface area contributed by atoms with Gasteiger partial charge in [0.15, 0.2) is 5.60 Å². The second kappa shape index (κ2) is 7.56. The number of alkyl halides is 1. The summed E-state index contributed by atoms with van der Waals surface area (Å²) in [6.07, 6.45) is 1.50. The Kier molecular flexibility index (Phi) is 5.57. The minimum absolute atomic E-state index is 0.179. The third-order valence-corrected chi connectivity index (χ3v) is 6.09. The first-order chi connectivity index (χ1) is 12.3. The van der Waals surface area contributed by atoms with Crippen molar-refractivity contribution in [3.63, 3.8) is 0 Å². The number of rotatable bonds is 5. The molecule has 3 rings (SSSR count). The van der Waals surface area contributed by atoms with Crippen molar-refractivity contribution in [1.82, 2.24) is 14.9 Å². The molecule has 0 aromatic carbocycles. The van der Waals surface area contributed by atoms with Crippen LogP contribution in [0.3, 0.4) is 0 Å². The zero-order valence-electron chi connectivity index (χ0n) is 15.4. The largest absolute Gasteiger partial charge is 0.379 e. The van der Waals surface area contributed by atoms with Crippen LogP contribution in [0.5, 0.6) is 0 Å². The fourth-order valence-corrected chi connectivity index (χ4v) is 4.74. The Bertz CT molecular complexity index is 656. The molecule has 0 spiro atoms. The minimum atomic E-state index is -1.29. The molecule has 9 heteroatoms. The average molecular weight is 383 g/mol. The predicted molar refractivity (Wildman–Crippen MR) is 102 cm³/mol. The van der Waals surface area contributed by atoms with Crippen LogP contribution in [0.1, 0.15) is 12.8 Å². The van der Waals surface area contributed by atoms with Crippen molar-refractivity contribution in [3.05, 3.63) is 12.3 Å². The number of likely N-dealkylation sites (N-methyl/N-ethyl adjacent to an activating group) is 1. The van der Waals surface area contributed by atoms with Crippen molar-refractivity contribution in [3.8, 4) is 0 Å². The number of thioether (sulfide) groups is 1. The van der Waals surface area contributed by atoms with E-state index in [1.807, 2.05) is 19.0 Å². The third-order valence-electron chi connectivity index (χ3n) is 4.92. The van der Waals surface area contributed by atoms with Gasteiger partial charge in [-0.2, -0.15) is 16.7 Å². The summed E-state index contributed by atoms with van der Waals surface area (Å²) < 4.78 is 14.1.